The van der Waals surface area contributed by atoms with Crippen LogP contribution in [0.1, 0.15) is 39.3 Å². The van der Waals surface area contributed by atoms with E-state index in [9.17, 15) is 31.1 Å². The van der Waals surface area contributed by atoms with E-state index in [1.807, 2.05) is 0 Å². The fourth-order valence-electron chi connectivity index (χ4n) is 3.89. The van der Waals surface area contributed by atoms with Gasteiger partial charge in [0.05, 0.1) is 11.8 Å². The molecule has 1 N–H and O–H groups in total. The number of carbonyl (C=O) groups is 1. The first-order valence-electron chi connectivity index (χ1n) is 10.7. The molecule has 0 fully saturated rings. The van der Waals surface area contributed by atoms with Crippen LogP contribution >= 0.6 is 23.2 Å². The number of nitriles is 1. The van der Waals surface area contributed by atoms with Crippen molar-refractivity contribution >= 4 is 40.8 Å². The summed E-state index contributed by atoms with van der Waals surface area (Å²) >= 11 is 11.8. The van der Waals surface area contributed by atoms with Crippen molar-refractivity contribution < 1.29 is 36.0 Å². The van der Waals surface area contributed by atoms with Gasteiger partial charge in [0.25, 0.3) is 11.5 Å². The Morgan fingerprint density at radius 2 is 1.82 bits per heavy atom. The molecule has 8 nitrogen and oxygen atoms in total. The molecular weight excluding hydrogens is 577 g/mol. The minimum Gasteiger partial charge on any atom is -0.374 e. The number of nitrogens with one attached hydrogen (secondary N) is 1. The van der Waals surface area contributed by atoms with Crippen molar-refractivity contribution in [3.05, 3.63) is 74.5 Å². The van der Waals surface area contributed by atoms with E-state index in [4.69, 9.17) is 33.3 Å². The maximum absolute atomic E-state index is 14.2. The molecule has 1 aliphatic heterocycles. The topological polar surface area (TPSA) is 105 Å². The molecule has 39 heavy (non-hydrogen) atoms. The summed E-state index contributed by atoms with van der Waals surface area (Å²) in [7, 11) is 0. The summed E-state index contributed by atoms with van der Waals surface area (Å²) in [4.78, 5) is 20.9. The molecule has 0 saturated carbocycles. The zero-order valence-electron chi connectivity index (χ0n) is 19.5. The second-order valence-electron chi connectivity index (χ2n) is 8.35. The Morgan fingerprint density at radius 3 is 2.38 bits per heavy atom. The third-order valence-electron chi connectivity index (χ3n) is 5.69. The summed E-state index contributed by atoms with van der Waals surface area (Å²) in [6, 6.07) is 8.87. The van der Waals surface area contributed by atoms with Crippen molar-refractivity contribution in [2.45, 2.75) is 37.8 Å². The molecule has 0 bridgehead atoms. The lowest BCUT2D eigenvalue weighted by Gasteiger charge is -2.29. The lowest BCUT2D eigenvalue weighted by Crippen LogP contribution is -2.42. The van der Waals surface area contributed by atoms with Crippen LogP contribution in [0.4, 0.5) is 32.3 Å². The van der Waals surface area contributed by atoms with Crippen LogP contribution in [0.15, 0.2) is 41.6 Å². The molecule has 0 spiro atoms. The Balaban J connectivity index is 1.58. The average molecular weight is 591 g/mol. The van der Waals surface area contributed by atoms with Gasteiger partial charge in [0.15, 0.2) is 0 Å². The molecule has 0 radical (unpaired) electrons. The Labute approximate surface area is 225 Å². The monoisotopic (exact) mass is 590 g/mol. The number of oxime groups is 1. The van der Waals surface area contributed by atoms with Gasteiger partial charge in [-0.3, -0.25) is 10.1 Å². The van der Waals surface area contributed by atoms with E-state index in [2.05, 4.69) is 20.6 Å². The lowest BCUT2D eigenvalue weighted by molar-refractivity contribution is -0.275. The number of hydrogen-bond donors (Lipinski definition) is 1. The molecule has 1 unspecified atom stereocenters. The summed E-state index contributed by atoms with van der Waals surface area (Å²) < 4.78 is 82.3. The van der Waals surface area contributed by atoms with Crippen LogP contribution in [0.3, 0.4) is 0 Å². The summed E-state index contributed by atoms with van der Waals surface area (Å²) in [5.74, 6) is -3.04. The Morgan fingerprint density at radius 1 is 1.15 bits per heavy atom. The highest BCUT2D eigenvalue weighted by molar-refractivity contribution is 6.34. The standard InChI is InChI=1S/C23H14Cl2F6N6O2/c1-11-6-12(17-10-21(39-36-17,23(29,30)31)13-7-14(24)9-15(25)8-13)2-3-16(11)18(38)33-20-34-19(22(26,27)28)37(35-20)5-4-32/h2-3,6-9H,5,10H2,1H3,(H,33,35,38). The Bertz CT molecular complexity index is 1510. The van der Waals surface area contributed by atoms with Gasteiger partial charge in [-0.15, -0.1) is 5.10 Å². The van der Waals surface area contributed by atoms with E-state index >= 15 is 0 Å². The minimum absolute atomic E-state index is 0.0211. The number of benzene rings is 2. The van der Waals surface area contributed by atoms with Crippen molar-refractivity contribution in [3.63, 3.8) is 0 Å². The molecule has 0 aliphatic carbocycles. The van der Waals surface area contributed by atoms with E-state index in [0.29, 0.717) is 4.68 Å². The Kier molecular flexibility index (Phi) is 7.26. The number of alkyl halides is 6. The molecule has 2 aromatic carbocycles. The molecule has 0 saturated heterocycles. The van der Waals surface area contributed by atoms with Crippen molar-refractivity contribution in [1.29, 1.82) is 5.26 Å². The van der Waals surface area contributed by atoms with Crippen LogP contribution in [0.2, 0.25) is 10.0 Å². The van der Waals surface area contributed by atoms with Gasteiger partial charge in [-0.05, 0) is 48.4 Å². The van der Waals surface area contributed by atoms with Crippen molar-refractivity contribution in [2.24, 2.45) is 5.16 Å². The van der Waals surface area contributed by atoms with Crippen LogP contribution in [0.25, 0.3) is 0 Å². The number of rotatable bonds is 5. The number of amides is 1. The quantitative estimate of drug-likeness (QED) is 0.353. The molecule has 2 heterocycles. The Hall–Kier alpha value is -3.83. The highest BCUT2D eigenvalue weighted by Crippen LogP contribution is 2.49. The summed E-state index contributed by atoms with van der Waals surface area (Å²) in [5, 5.41) is 17.9. The van der Waals surface area contributed by atoms with Crippen LogP contribution in [-0.2, 0) is 23.2 Å². The summed E-state index contributed by atoms with van der Waals surface area (Å²) in [6.07, 6.45) is -10.5. The first-order chi connectivity index (χ1) is 18.1. The van der Waals surface area contributed by atoms with Crippen LogP contribution < -0.4 is 5.32 Å². The number of anilines is 1. The van der Waals surface area contributed by atoms with Gasteiger partial charge in [0, 0.05) is 27.6 Å². The van der Waals surface area contributed by atoms with E-state index in [1.165, 1.54) is 37.3 Å². The fraction of sp³-hybridized carbons (Fsp3) is 0.261. The van der Waals surface area contributed by atoms with Crippen molar-refractivity contribution in [1.82, 2.24) is 14.8 Å². The van der Waals surface area contributed by atoms with Crippen molar-refractivity contribution in [3.8, 4) is 6.07 Å². The second kappa shape index (κ2) is 10.0. The van der Waals surface area contributed by atoms with E-state index in [-0.39, 0.29) is 38.0 Å². The molecule has 1 aromatic heterocycles. The predicted molar refractivity (Wildman–Crippen MR) is 126 cm³/mol. The van der Waals surface area contributed by atoms with Gasteiger partial charge in [-0.2, -0.15) is 36.6 Å². The first kappa shape index (κ1) is 28.2. The molecular formula is C23H14Cl2F6N6O2. The van der Waals surface area contributed by atoms with E-state index in [1.54, 1.807) is 0 Å². The van der Waals surface area contributed by atoms with Crippen LogP contribution in [-0.4, -0.2) is 32.6 Å². The molecule has 1 amide bonds. The van der Waals surface area contributed by atoms with E-state index < -0.39 is 48.6 Å². The predicted octanol–water partition coefficient (Wildman–Crippen LogP) is 6.27. The smallest absolute Gasteiger partial charge is 0.374 e. The first-order valence-corrected chi connectivity index (χ1v) is 11.5. The van der Waals surface area contributed by atoms with Gasteiger partial charge in [0.2, 0.25) is 11.8 Å². The molecule has 16 heteroatoms. The fourth-order valence-corrected chi connectivity index (χ4v) is 4.42. The third kappa shape index (κ3) is 5.50. The largest absolute Gasteiger partial charge is 0.451 e. The van der Waals surface area contributed by atoms with Gasteiger partial charge in [-0.1, -0.05) is 34.4 Å². The zero-order chi connectivity index (χ0) is 28.8. The van der Waals surface area contributed by atoms with Gasteiger partial charge < -0.3 is 4.84 Å². The highest BCUT2D eigenvalue weighted by atomic mass is 35.5. The third-order valence-corrected chi connectivity index (χ3v) is 6.13. The second-order valence-corrected chi connectivity index (χ2v) is 9.22. The van der Waals surface area contributed by atoms with Crippen LogP contribution in [0, 0.1) is 18.3 Å². The molecule has 4 rings (SSSR count). The number of aromatic nitrogens is 3. The molecule has 204 valence electrons. The number of aryl methyl sites for hydroxylation is 1. The zero-order valence-corrected chi connectivity index (χ0v) is 21.0. The normalized spacial score (nSPS) is 17.4. The molecule has 3 aromatic rings. The van der Waals surface area contributed by atoms with Gasteiger partial charge in [-0.25, -0.2) is 4.68 Å². The molecule has 1 atom stereocenters. The van der Waals surface area contributed by atoms with Crippen molar-refractivity contribution in [2.75, 3.05) is 5.32 Å². The average Bonchev–Trinajstić information content (AvgIpc) is 3.44. The number of halogens is 8. The molecule has 1 aliphatic rings. The van der Waals surface area contributed by atoms with Gasteiger partial charge >= 0.3 is 12.4 Å². The van der Waals surface area contributed by atoms with Gasteiger partial charge in [0.1, 0.15) is 6.54 Å². The highest BCUT2D eigenvalue weighted by Gasteiger charge is 2.62. The SMILES string of the molecule is Cc1cc(C2=NOC(c3cc(Cl)cc(Cl)c3)(C(F)(F)F)C2)ccc1C(=O)Nc1nc(C(F)(F)F)n(CC#N)n1. The summed E-state index contributed by atoms with van der Waals surface area (Å²) in [6.45, 7) is 0.710. The lowest BCUT2D eigenvalue weighted by atomic mass is 9.86. The summed E-state index contributed by atoms with van der Waals surface area (Å²) in [5.41, 5.74) is -2.84. The number of carbonyl (C=O) groups excluding carboxylic acids is 1. The van der Waals surface area contributed by atoms with E-state index in [0.717, 1.165) is 12.1 Å². The minimum atomic E-state index is -4.92. The maximum Gasteiger partial charge on any atom is 0.451 e. The maximum atomic E-state index is 14.2. The van der Waals surface area contributed by atoms with Crippen LogP contribution in [0.5, 0.6) is 0 Å². The number of nitrogens with zero attached hydrogens (tertiary/aromatic N) is 5. The number of hydrogen-bond acceptors (Lipinski definition) is 6.